The summed E-state index contributed by atoms with van der Waals surface area (Å²) in [6, 6.07) is 13.1. The second-order valence-electron chi connectivity index (χ2n) is 9.57. The zero-order valence-corrected chi connectivity index (χ0v) is 19.4. The third-order valence-electron chi connectivity index (χ3n) is 6.22. The van der Waals surface area contributed by atoms with Gasteiger partial charge in [0.05, 0.1) is 6.54 Å². The first-order valence-corrected chi connectivity index (χ1v) is 11.2. The molecule has 0 radical (unpaired) electrons. The molecular formula is C26H32FN3O2. The highest BCUT2D eigenvalue weighted by Gasteiger charge is 2.28. The highest BCUT2D eigenvalue weighted by Crippen LogP contribution is 2.30. The van der Waals surface area contributed by atoms with Crippen LogP contribution in [0, 0.1) is 5.82 Å². The fourth-order valence-corrected chi connectivity index (χ4v) is 4.16. The van der Waals surface area contributed by atoms with Gasteiger partial charge in [-0.25, -0.2) is 4.39 Å². The number of amides is 1. The number of carbonyl (C=O) groups excluding carboxylic acids is 1. The maximum Gasteiger partial charge on any atom is 0.293 e. The van der Waals surface area contributed by atoms with Crippen LogP contribution in [-0.4, -0.2) is 57.2 Å². The second kappa shape index (κ2) is 8.94. The Kier molecular flexibility index (Phi) is 6.24. The third-order valence-corrected chi connectivity index (χ3v) is 6.22. The maximum atomic E-state index is 14.9. The predicted molar refractivity (Wildman–Crippen MR) is 128 cm³/mol. The van der Waals surface area contributed by atoms with Gasteiger partial charge in [-0.05, 0) is 48.4 Å². The minimum absolute atomic E-state index is 0.0447. The molecule has 2 aromatic carbocycles. The number of ether oxygens (including phenoxy) is 1. The summed E-state index contributed by atoms with van der Waals surface area (Å²) in [7, 11) is 2.09. The van der Waals surface area contributed by atoms with Crippen LogP contribution in [-0.2, 0) is 14.9 Å². The van der Waals surface area contributed by atoms with E-state index in [1.807, 2.05) is 18.2 Å². The van der Waals surface area contributed by atoms with Crippen molar-refractivity contribution in [1.29, 1.82) is 0 Å². The zero-order chi connectivity index (χ0) is 22.9. The number of morpholine rings is 1. The van der Waals surface area contributed by atoms with Crippen molar-refractivity contribution in [2.75, 3.05) is 56.2 Å². The molecule has 5 nitrogen and oxygen atoms in total. The summed E-state index contributed by atoms with van der Waals surface area (Å²) in [6.07, 6.45) is 1.57. The van der Waals surface area contributed by atoms with E-state index in [0.717, 1.165) is 37.6 Å². The van der Waals surface area contributed by atoms with Crippen LogP contribution in [0.5, 0.6) is 0 Å². The van der Waals surface area contributed by atoms with E-state index in [0.29, 0.717) is 18.7 Å². The lowest BCUT2D eigenvalue weighted by molar-refractivity contribution is -0.120. The van der Waals surface area contributed by atoms with E-state index in [-0.39, 0.29) is 22.9 Å². The zero-order valence-electron chi connectivity index (χ0n) is 19.4. The number of piperazine rings is 1. The molecule has 0 saturated carbocycles. The number of hydrogen-bond donors (Lipinski definition) is 0. The van der Waals surface area contributed by atoms with Crippen LogP contribution < -0.4 is 9.80 Å². The van der Waals surface area contributed by atoms with Gasteiger partial charge in [-0.2, -0.15) is 0 Å². The van der Waals surface area contributed by atoms with Gasteiger partial charge in [0.1, 0.15) is 12.4 Å². The molecule has 0 spiro atoms. The van der Waals surface area contributed by atoms with Crippen molar-refractivity contribution in [3.8, 4) is 0 Å². The summed E-state index contributed by atoms with van der Waals surface area (Å²) in [4.78, 5) is 19.4. The molecule has 6 heteroatoms. The Morgan fingerprint density at radius 2 is 1.66 bits per heavy atom. The van der Waals surface area contributed by atoms with Gasteiger partial charge in [0.15, 0.2) is 5.76 Å². The lowest BCUT2D eigenvalue weighted by atomic mass is 9.87. The van der Waals surface area contributed by atoms with Gasteiger partial charge in [-0.3, -0.25) is 4.79 Å². The van der Waals surface area contributed by atoms with Gasteiger partial charge in [0, 0.05) is 43.1 Å². The number of rotatable bonds is 3. The molecule has 170 valence electrons. The molecule has 2 heterocycles. The minimum atomic E-state index is -0.350. The van der Waals surface area contributed by atoms with Gasteiger partial charge >= 0.3 is 0 Å². The largest absolute Gasteiger partial charge is 0.486 e. The molecule has 2 aromatic rings. The second-order valence-corrected chi connectivity index (χ2v) is 9.57. The van der Waals surface area contributed by atoms with Crippen molar-refractivity contribution in [3.63, 3.8) is 0 Å². The molecule has 0 aromatic heterocycles. The quantitative estimate of drug-likeness (QED) is 0.672. The number of halogens is 1. The summed E-state index contributed by atoms with van der Waals surface area (Å²) < 4.78 is 20.6. The van der Waals surface area contributed by atoms with E-state index in [9.17, 15) is 9.18 Å². The molecule has 2 saturated heterocycles. The lowest BCUT2D eigenvalue weighted by Gasteiger charge is -2.35. The molecule has 0 unspecified atom stereocenters. The minimum Gasteiger partial charge on any atom is -0.486 e. The smallest absolute Gasteiger partial charge is 0.293 e. The van der Waals surface area contributed by atoms with Crippen molar-refractivity contribution in [1.82, 2.24) is 4.90 Å². The van der Waals surface area contributed by atoms with E-state index in [4.69, 9.17) is 4.74 Å². The summed E-state index contributed by atoms with van der Waals surface area (Å²) in [6.45, 7) is 10.8. The Labute approximate surface area is 190 Å². The highest BCUT2D eigenvalue weighted by molar-refractivity contribution is 6.07. The topological polar surface area (TPSA) is 36.0 Å². The summed E-state index contributed by atoms with van der Waals surface area (Å²) in [5, 5.41) is 0. The molecule has 2 aliphatic rings. The Hall–Kier alpha value is -2.86. The first-order valence-electron chi connectivity index (χ1n) is 11.2. The SMILES string of the molecule is CN1CCN(c2cccc(F)c2/C=C2\OCCN(c3ccc(C(C)(C)C)cc3)C2=O)CC1. The first-order chi connectivity index (χ1) is 15.2. The van der Waals surface area contributed by atoms with Crippen LogP contribution in [0.1, 0.15) is 31.9 Å². The van der Waals surface area contributed by atoms with Crippen molar-refractivity contribution in [3.05, 3.63) is 65.2 Å². The van der Waals surface area contributed by atoms with Crippen LogP contribution in [0.25, 0.3) is 6.08 Å². The standard InChI is InChI=1S/C26H32FN3O2/c1-26(2,3)19-8-10-20(11-9-19)30-16-17-32-24(25(30)31)18-21-22(27)6-5-7-23(21)29-14-12-28(4)13-15-29/h5-11,18H,12-17H2,1-4H3/b24-18-. The molecule has 32 heavy (non-hydrogen) atoms. The van der Waals surface area contributed by atoms with Crippen LogP contribution in [0.15, 0.2) is 48.2 Å². The van der Waals surface area contributed by atoms with Crippen LogP contribution in [0.4, 0.5) is 15.8 Å². The monoisotopic (exact) mass is 437 g/mol. The van der Waals surface area contributed by atoms with Crippen LogP contribution in [0.2, 0.25) is 0 Å². The maximum absolute atomic E-state index is 14.9. The van der Waals surface area contributed by atoms with Crippen molar-refractivity contribution >= 4 is 23.4 Å². The third kappa shape index (κ3) is 4.65. The normalized spacial score (nSPS) is 19.4. The Morgan fingerprint density at radius 1 is 0.969 bits per heavy atom. The fourth-order valence-electron chi connectivity index (χ4n) is 4.16. The molecule has 1 amide bonds. The number of benzene rings is 2. The van der Waals surface area contributed by atoms with Crippen molar-refractivity contribution < 1.29 is 13.9 Å². The lowest BCUT2D eigenvalue weighted by Crippen LogP contribution is -2.44. The van der Waals surface area contributed by atoms with E-state index < -0.39 is 0 Å². The van der Waals surface area contributed by atoms with E-state index >= 15 is 0 Å². The van der Waals surface area contributed by atoms with E-state index in [1.165, 1.54) is 11.6 Å². The molecule has 2 aliphatic heterocycles. The Bertz CT molecular complexity index is 1000. The highest BCUT2D eigenvalue weighted by atomic mass is 19.1. The summed E-state index contributed by atoms with van der Waals surface area (Å²) >= 11 is 0. The molecule has 0 bridgehead atoms. The number of carbonyl (C=O) groups is 1. The van der Waals surface area contributed by atoms with Gasteiger partial charge in [0.25, 0.3) is 5.91 Å². The first kappa shape index (κ1) is 22.3. The van der Waals surface area contributed by atoms with Gasteiger partial charge in [0.2, 0.25) is 0 Å². The van der Waals surface area contributed by atoms with E-state index in [2.05, 4.69) is 49.8 Å². The van der Waals surface area contributed by atoms with Gasteiger partial charge in [-0.15, -0.1) is 0 Å². The number of hydrogen-bond acceptors (Lipinski definition) is 4. The predicted octanol–water partition coefficient (Wildman–Crippen LogP) is 4.28. The molecule has 0 aliphatic carbocycles. The summed E-state index contributed by atoms with van der Waals surface area (Å²) in [5.41, 5.74) is 3.29. The fraction of sp³-hybridized carbons (Fsp3) is 0.423. The molecule has 2 fully saturated rings. The Balaban J connectivity index is 1.62. The van der Waals surface area contributed by atoms with E-state index in [1.54, 1.807) is 17.0 Å². The van der Waals surface area contributed by atoms with Crippen molar-refractivity contribution in [2.45, 2.75) is 26.2 Å². The molecular weight excluding hydrogens is 405 g/mol. The molecule has 4 rings (SSSR count). The van der Waals surface area contributed by atoms with Crippen molar-refractivity contribution in [2.24, 2.45) is 0 Å². The number of anilines is 2. The average molecular weight is 438 g/mol. The summed E-state index contributed by atoms with van der Waals surface area (Å²) in [5.74, 6) is -0.416. The van der Waals surface area contributed by atoms with Gasteiger partial charge in [-0.1, -0.05) is 39.0 Å². The van der Waals surface area contributed by atoms with Crippen LogP contribution in [0.3, 0.4) is 0 Å². The van der Waals surface area contributed by atoms with Crippen LogP contribution >= 0.6 is 0 Å². The number of nitrogens with zero attached hydrogens (tertiary/aromatic N) is 3. The van der Waals surface area contributed by atoms with Gasteiger partial charge < -0.3 is 19.4 Å². The number of likely N-dealkylation sites (N-methyl/N-ethyl adjacent to an activating group) is 1. The molecule has 0 N–H and O–H groups in total. The molecule has 0 atom stereocenters. The average Bonchev–Trinajstić information content (AvgIpc) is 2.76. The Morgan fingerprint density at radius 3 is 2.31 bits per heavy atom.